The van der Waals surface area contributed by atoms with E-state index in [0.717, 1.165) is 24.1 Å². The fourth-order valence-corrected chi connectivity index (χ4v) is 1.88. The van der Waals surface area contributed by atoms with Crippen molar-refractivity contribution in [2.75, 3.05) is 20.1 Å². The molecule has 0 unspecified atom stereocenters. The van der Waals surface area contributed by atoms with Gasteiger partial charge in [-0.05, 0) is 50.7 Å². The van der Waals surface area contributed by atoms with E-state index in [9.17, 15) is 0 Å². The molecule has 0 fully saturated rings. The van der Waals surface area contributed by atoms with Crippen LogP contribution < -0.4 is 10.6 Å². The number of rotatable bonds is 7. The number of halogens is 1. The summed E-state index contributed by atoms with van der Waals surface area (Å²) in [6.45, 7) is 3.16. The molecule has 0 saturated heterocycles. The standard InChI is InChI=1S/C12H19BrN2/c1-14-7-2-3-8-15-10-11-5-4-6-12(13)9-11/h4-6,9,14-15H,2-3,7-8,10H2,1H3. The maximum atomic E-state index is 3.47. The lowest BCUT2D eigenvalue weighted by atomic mass is 10.2. The molecule has 0 aliphatic rings. The van der Waals surface area contributed by atoms with Gasteiger partial charge in [-0.1, -0.05) is 28.1 Å². The number of hydrogen-bond acceptors (Lipinski definition) is 2. The highest BCUT2D eigenvalue weighted by Gasteiger charge is 1.93. The molecule has 0 spiro atoms. The van der Waals surface area contributed by atoms with Crippen molar-refractivity contribution in [2.45, 2.75) is 19.4 Å². The molecule has 0 aliphatic carbocycles. The quantitative estimate of drug-likeness (QED) is 0.745. The van der Waals surface area contributed by atoms with Crippen LogP contribution in [0.1, 0.15) is 18.4 Å². The van der Waals surface area contributed by atoms with Crippen molar-refractivity contribution in [3.63, 3.8) is 0 Å². The molecular weight excluding hydrogens is 252 g/mol. The topological polar surface area (TPSA) is 24.1 Å². The summed E-state index contributed by atoms with van der Waals surface area (Å²) in [5.41, 5.74) is 1.33. The van der Waals surface area contributed by atoms with Crippen LogP contribution in [0, 0.1) is 0 Å². The number of hydrogen-bond donors (Lipinski definition) is 2. The van der Waals surface area contributed by atoms with Gasteiger partial charge in [0.1, 0.15) is 0 Å². The smallest absolute Gasteiger partial charge is 0.0205 e. The number of unbranched alkanes of at least 4 members (excludes halogenated alkanes) is 1. The molecule has 2 N–H and O–H groups in total. The normalized spacial score (nSPS) is 10.5. The molecule has 0 amide bonds. The minimum atomic E-state index is 0.957. The highest BCUT2D eigenvalue weighted by molar-refractivity contribution is 9.10. The molecule has 0 atom stereocenters. The zero-order chi connectivity index (χ0) is 10.9. The zero-order valence-corrected chi connectivity index (χ0v) is 10.8. The maximum absolute atomic E-state index is 3.47. The van der Waals surface area contributed by atoms with Crippen LogP contribution >= 0.6 is 15.9 Å². The van der Waals surface area contributed by atoms with Crippen LogP contribution in [0.15, 0.2) is 28.7 Å². The Hall–Kier alpha value is -0.380. The lowest BCUT2D eigenvalue weighted by Gasteiger charge is -2.05. The van der Waals surface area contributed by atoms with Crippen molar-refractivity contribution in [1.82, 2.24) is 10.6 Å². The van der Waals surface area contributed by atoms with Gasteiger partial charge in [-0.2, -0.15) is 0 Å². The van der Waals surface area contributed by atoms with Crippen LogP contribution in [0.3, 0.4) is 0 Å². The van der Waals surface area contributed by atoms with Crippen molar-refractivity contribution < 1.29 is 0 Å². The molecule has 0 heterocycles. The Morgan fingerprint density at radius 2 is 2.00 bits per heavy atom. The van der Waals surface area contributed by atoms with Gasteiger partial charge in [-0.25, -0.2) is 0 Å². The summed E-state index contributed by atoms with van der Waals surface area (Å²) >= 11 is 3.47. The Morgan fingerprint density at radius 1 is 1.20 bits per heavy atom. The van der Waals surface area contributed by atoms with Gasteiger partial charge in [0.2, 0.25) is 0 Å². The molecule has 1 aromatic carbocycles. The highest BCUT2D eigenvalue weighted by Crippen LogP contribution is 2.11. The fraction of sp³-hybridized carbons (Fsp3) is 0.500. The summed E-state index contributed by atoms with van der Waals surface area (Å²) in [6.07, 6.45) is 2.47. The van der Waals surface area contributed by atoms with E-state index in [1.165, 1.54) is 18.4 Å². The predicted molar refractivity (Wildman–Crippen MR) is 69.0 cm³/mol. The van der Waals surface area contributed by atoms with Crippen LogP contribution in [-0.2, 0) is 6.54 Å². The Labute approximate surface area is 101 Å². The summed E-state index contributed by atoms with van der Waals surface area (Å²) in [5.74, 6) is 0. The molecule has 1 rings (SSSR count). The highest BCUT2D eigenvalue weighted by atomic mass is 79.9. The van der Waals surface area contributed by atoms with Gasteiger partial charge in [0.25, 0.3) is 0 Å². The Balaban J connectivity index is 2.10. The summed E-state index contributed by atoms with van der Waals surface area (Å²) in [4.78, 5) is 0. The largest absolute Gasteiger partial charge is 0.320 e. The minimum Gasteiger partial charge on any atom is -0.320 e. The second kappa shape index (κ2) is 7.85. The first kappa shape index (κ1) is 12.7. The summed E-state index contributed by atoms with van der Waals surface area (Å²) in [5, 5.41) is 6.59. The Kier molecular flexibility index (Phi) is 6.64. The van der Waals surface area contributed by atoms with E-state index >= 15 is 0 Å². The summed E-state index contributed by atoms with van der Waals surface area (Å²) in [6, 6.07) is 8.42. The summed E-state index contributed by atoms with van der Waals surface area (Å²) in [7, 11) is 1.99. The molecule has 0 bridgehead atoms. The molecule has 0 aromatic heterocycles. The van der Waals surface area contributed by atoms with E-state index in [4.69, 9.17) is 0 Å². The molecular formula is C12H19BrN2. The Morgan fingerprint density at radius 3 is 2.73 bits per heavy atom. The van der Waals surface area contributed by atoms with Gasteiger partial charge < -0.3 is 10.6 Å². The van der Waals surface area contributed by atoms with Crippen molar-refractivity contribution in [3.05, 3.63) is 34.3 Å². The number of benzene rings is 1. The first-order valence-corrected chi connectivity index (χ1v) is 6.22. The SMILES string of the molecule is CNCCCCNCc1cccc(Br)c1. The first-order valence-electron chi connectivity index (χ1n) is 5.42. The second-order valence-corrected chi connectivity index (χ2v) is 4.53. The van der Waals surface area contributed by atoms with E-state index in [-0.39, 0.29) is 0 Å². The van der Waals surface area contributed by atoms with Gasteiger partial charge >= 0.3 is 0 Å². The van der Waals surface area contributed by atoms with Gasteiger partial charge in [0, 0.05) is 11.0 Å². The molecule has 84 valence electrons. The third kappa shape index (κ3) is 5.92. The van der Waals surface area contributed by atoms with Crippen molar-refractivity contribution in [3.8, 4) is 0 Å². The monoisotopic (exact) mass is 270 g/mol. The summed E-state index contributed by atoms with van der Waals surface area (Å²) < 4.78 is 1.15. The zero-order valence-electron chi connectivity index (χ0n) is 9.22. The predicted octanol–water partition coefficient (Wildman–Crippen LogP) is 2.54. The molecule has 2 nitrogen and oxygen atoms in total. The van der Waals surface area contributed by atoms with Crippen LogP contribution in [0.5, 0.6) is 0 Å². The van der Waals surface area contributed by atoms with E-state index in [2.05, 4.69) is 50.8 Å². The van der Waals surface area contributed by atoms with Crippen molar-refractivity contribution in [2.24, 2.45) is 0 Å². The molecule has 0 saturated carbocycles. The van der Waals surface area contributed by atoms with Gasteiger partial charge in [-0.15, -0.1) is 0 Å². The first-order chi connectivity index (χ1) is 7.33. The second-order valence-electron chi connectivity index (χ2n) is 3.62. The van der Waals surface area contributed by atoms with Crippen LogP contribution in [0.4, 0.5) is 0 Å². The van der Waals surface area contributed by atoms with E-state index in [0.29, 0.717) is 0 Å². The lowest BCUT2D eigenvalue weighted by molar-refractivity contribution is 0.605. The average Bonchev–Trinajstić information content (AvgIpc) is 2.23. The Bertz CT molecular complexity index is 276. The lowest BCUT2D eigenvalue weighted by Crippen LogP contribution is -2.16. The van der Waals surface area contributed by atoms with Gasteiger partial charge in [-0.3, -0.25) is 0 Å². The molecule has 1 aromatic rings. The fourth-order valence-electron chi connectivity index (χ4n) is 1.43. The number of nitrogens with one attached hydrogen (secondary N) is 2. The van der Waals surface area contributed by atoms with E-state index in [1.54, 1.807) is 0 Å². The third-order valence-corrected chi connectivity index (χ3v) is 2.74. The molecule has 0 aliphatic heterocycles. The van der Waals surface area contributed by atoms with Crippen LogP contribution in [0.2, 0.25) is 0 Å². The molecule has 0 radical (unpaired) electrons. The average molecular weight is 271 g/mol. The third-order valence-electron chi connectivity index (χ3n) is 2.25. The minimum absolute atomic E-state index is 0.957. The maximum Gasteiger partial charge on any atom is 0.0205 e. The van der Waals surface area contributed by atoms with E-state index < -0.39 is 0 Å². The molecule has 15 heavy (non-hydrogen) atoms. The molecule has 3 heteroatoms. The van der Waals surface area contributed by atoms with Crippen LogP contribution in [-0.4, -0.2) is 20.1 Å². The van der Waals surface area contributed by atoms with E-state index in [1.807, 2.05) is 7.05 Å². The van der Waals surface area contributed by atoms with Gasteiger partial charge in [0.15, 0.2) is 0 Å². The van der Waals surface area contributed by atoms with Gasteiger partial charge in [0.05, 0.1) is 0 Å². The van der Waals surface area contributed by atoms with Crippen molar-refractivity contribution in [1.29, 1.82) is 0 Å². The van der Waals surface area contributed by atoms with Crippen LogP contribution in [0.25, 0.3) is 0 Å². The van der Waals surface area contributed by atoms with Crippen molar-refractivity contribution >= 4 is 15.9 Å².